The molecule has 28 heavy (non-hydrogen) atoms. The summed E-state index contributed by atoms with van der Waals surface area (Å²) in [4.78, 5) is 31.1. The lowest BCUT2D eigenvalue weighted by Crippen LogP contribution is -2.30. The molecule has 0 N–H and O–H groups in total. The lowest BCUT2D eigenvalue weighted by Gasteiger charge is -2.21. The average Bonchev–Trinajstić information content (AvgIpc) is 2.74. The Morgan fingerprint density at radius 3 is 1.29 bits per heavy atom. The van der Waals surface area contributed by atoms with Crippen molar-refractivity contribution in [3.05, 3.63) is 59.7 Å². The van der Waals surface area contributed by atoms with Crippen LogP contribution < -0.4 is 0 Å². The average molecular weight is 417 g/mol. The summed E-state index contributed by atoms with van der Waals surface area (Å²) < 4.78 is 0. The van der Waals surface area contributed by atoms with E-state index in [0.29, 0.717) is 37.3 Å². The molecule has 0 spiro atoms. The molecule has 0 saturated carbocycles. The fourth-order valence-electron chi connectivity index (χ4n) is 2.88. The Morgan fingerprint density at radius 2 is 0.964 bits per heavy atom. The van der Waals surface area contributed by atoms with Gasteiger partial charge in [0.2, 0.25) is 0 Å². The molecular formula is C22H28N2O2S2. The number of carbonyl (C=O) groups is 2. The minimum absolute atomic E-state index is 0.0428. The Bertz CT molecular complexity index is 735. The Kier molecular flexibility index (Phi) is 8.93. The number of hydrogen-bond donors (Lipinski definition) is 0. The molecule has 0 atom stereocenters. The SMILES string of the molecule is CCN(CC)C(=O)c1ccccc1SSc1ccccc1C(=O)N(CC)CC. The topological polar surface area (TPSA) is 40.6 Å². The van der Waals surface area contributed by atoms with Crippen molar-refractivity contribution in [2.24, 2.45) is 0 Å². The molecule has 0 radical (unpaired) electrons. The molecular weight excluding hydrogens is 388 g/mol. The van der Waals surface area contributed by atoms with E-state index in [1.165, 1.54) is 21.6 Å². The predicted molar refractivity (Wildman–Crippen MR) is 119 cm³/mol. The van der Waals surface area contributed by atoms with Gasteiger partial charge in [-0.15, -0.1) is 0 Å². The summed E-state index contributed by atoms with van der Waals surface area (Å²) in [6, 6.07) is 15.3. The van der Waals surface area contributed by atoms with E-state index in [1.54, 1.807) is 0 Å². The molecule has 4 nitrogen and oxygen atoms in total. The number of nitrogens with zero attached hydrogens (tertiary/aromatic N) is 2. The van der Waals surface area contributed by atoms with Crippen molar-refractivity contribution in [2.75, 3.05) is 26.2 Å². The molecule has 2 aromatic carbocycles. The zero-order valence-corrected chi connectivity index (χ0v) is 18.6. The first-order chi connectivity index (χ1) is 13.6. The highest BCUT2D eigenvalue weighted by Gasteiger charge is 2.19. The van der Waals surface area contributed by atoms with E-state index in [2.05, 4.69) is 0 Å². The molecule has 2 rings (SSSR count). The van der Waals surface area contributed by atoms with Crippen molar-refractivity contribution < 1.29 is 9.59 Å². The molecule has 150 valence electrons. The summed E-state index contributed by atoms with van der Waals surface area (Å²) in [6.45, 7) is 10.7. The Morgan fingerprint density at radius 1 is 0.643 bits per heavy atom. The van der Waals surface area contributed by atoms with E-state index in [-0.39, 0.29) is 11.8 Å². The molecule has 0 aromatic heterocycles. The lowest BCUT2D eigenvalue weighted by molar-refractivity contribution is 0.0761. The van der Waals surface area contributed by atoms with Crippen LogP contribution in [0.5, 0.6) is 0 Å². The van der Waals surface area contributed by atoms with E-state index in [9.17, 15) is 9.59 Å². The van der Waals surface area contributed by atoms with E-state index in [0.717, 1.165) is 9.79 Å². The van der Waals surface area contributed by atoms with Crippen LogP contribution in [0.2, 0.25) is 0 Å². The van der Waals surface area contributed by atoms with Gasteiger partial charge in [-0.05, 0) is 52.0 Å². The first-order valence-corrected chi connectivity index (χ1v) is 11.8. The Hall–Kier alpha value is -1.92. The number of rotatable bonds is 9. The van der Waals surface area contributed by atoms with Crippen LogP contribution in [0.1, 0.15) is 48.4 Å². The number of benzene rings is 2. The molecule has 2 amide bonds. The first-order valence-electron chi connectivity index (χ1n) is 9.68. The molecule has 0 heterocycles. The standard InChI is InChI=1S/C22H28N2O2S2/c1-5-23(6-2)21(25)17-13-9-11-15-19(17)27-28-20-16-12-10-14-18(20)22(26)24(7-3)8-4/h9-16H,5-8H2,1-4H3. The molecule has 0 aliphatic rings. The number of hydrogen-bond acceptors (Lipinski definition) is 4. The maximum Gasteiger partial charge on any atom is 0.255 e. The highest BCUT2D eigenvalue weighted by Crippen LogP contribution is 2.41. The maximum atomic E-state index is 12.8. The minimum Gasteiger partial charge on any atom is -0.339 e. The molecule has 0 aliphatic carbocycles. The maximum absolute atomic E-state index is 12.8. The second-order valence-electron chi connectivity index (χ2n) is 6.11. The van der Waals surface area contributed by atoms with Crippen LogP contribution in [-0.2, 0) is 0 Å². The van der Waals surface area contributed by atoms with Crippen LogP contribution in [0.4, 0.5) is 0 Å². The van der Waals surface area contributed by atoms with Gasteiger partial charge >= 0.3 is 0 Å². The minimum atomic E-state index is 0.0428. The summed E-state index contributed by atoms with van der Waals surface area (Å²) in [5.41, 5.74) is 1.41. The Labute approximate surface area is 176 Å². The van der Waals surface area contributed by atoms with E-state index < -0.39 is 0 Å². The monoisotopic (exact) mass is 416 g/mol. The normalized spacial score (nSPS) is 10.6. The fraction of sp³-hybridized carbons (Fsp3) is 0.364. The lowest BCUT2D eigenvalue weighted by atomic mass is 10.2. The van der Waals surface area contributed by atoms with Crippen LogP contribution in [0, 0.1) is 0 Å². The predicted octanol–water partition coefficient (Wildman–Crippen LogP) is 5.45. The first kappa shape index (κ1) is 22.4. The van der Waals surface area contributed by atoms with Crippen LogP contribution >= 0.6 is 21.6 Å². The molecule has 6 heteroatoms. The number of amides is 2. The van der Waals surface area contributed by atoms with Crippen molar-refractivity contribution in [3.8, 4) is 0 Å². The summed E-state index contributed by atoms with van der Waals surface area (Å²) in [5, 5.41) is 0. The molecule has 0 aliphatic heterocycles. The molecule has 0 saturated heterocycles. The van der Waals surface area contributed by atoms with Gasteiger partial charge in [-0.2, -0.15) is 0 Å². The van der Waals surface area contributed by atoms with Gasteiger partial charge in [-0.1, -0.05) is 45.9 Å². The van der Waals surface area contributed by atoms with E-state index in [4.69, 9.17) is 0 Å². The van der Waals surface area contributed by atoms with Crippen molar-refractivity contribution in [1.29, 1.82) is 0 Å². The second-order valence-corrected chi connectivity index (χ2v) is 8.33. The Balaban J connectivity index is 2.25. The third kappa shape index (κ3) is 5.32. The van der Waals surface area contributed by atoms with Gasteiger partial charge in [0.25, 0.3) is 11.8 Å². The van der Waals surface area contributed by atoms with Gasteiger partial charge in [-0.3, -0.25) is 9.59 Å². The zero-order valence-electron chi connectivity index (χ0n) is 17.0. The molecule has 2 aromatic rings. The van der Waals surface area contributed by atoms with Crippen LogP contribution in [0.3, 0.4) is 0 Å². The third-order valence-electron chi connectivity index (χ3n) is 4.56. The van der Waals surface area contributed by atoms with Crippen molar-refractivity contribution >= 4 is 33.4 Å². The zero-order chi connectivity index (χ0) is 20.5. The van der Waals surface area contributed by atoms with Gasteiger partial charge in [0.05, 0.1) is 11.1 Å². The summed E-state index contributed by atoms with van der Waals surface area (Å²) >= 11 is 0. The highest BCUT2D eigenvalue weighted by atomic mass is 33.1. The fourth-order valence-corrected chi connectivity index (χ4v) is 5.23. The van der Waals surface area contributed by atoms with Crippen molar-refractivity contribution in [2.45, 2.75) is 37.5 Å². The van der Waals surface area contributed by atoms with Gasteiger partial charge in [0.1, 0.15) is 0 Å². The second kappa shape index (κ2) is 11.2. The summed E-state index contributed by atoms with van der Waals surface area (Å²) in [5.74, 6) is 0.0856. The summed E-state index contributed by atoms with van der Waals surface area (Å²) in [6.07, 6.45) is 0. The van der Waals surface area contributed by atoms with Crippen LogP contribution in [0.25, 0.3) is 0 Å². The summed E-state index contributed by atoms with van der Waals surface area (Å²) in [7, 11) is 3.05. The van der Waals surface area contributed by atoms with Crippen molar-refractivity contribution in [3.63, 3.8) is 0 Å². The largest absolute Gasteiger partial charge is 0.339 e. The van der Waals surface area contributed by atoms with Crippen LogP contribution in [-0.4, -0.2) is 47.8 Å². The number of carbonyl (C=O) groups excluding carboxylic acids is 2. The van der Waals surface area contributed by atoms with Gasteiger partial charge < -0.3 is 9.80 Å². The van der Waals surface area contributed by atoms with Crippen molar-refractivity contribution in [1.82, 2.24) is 9.80 Å². The van der Waals surface area contributed by atoms with Gasteiger partial charge in [0, 0.05) is 36.0 Å². The quantitative estimate of drug-likeness (QED) is 0.510. The smallest absolute Gasteiger partial charge is 0.255 e. The van der Waals surface area contributed by atoms with Gasteiger partial charge in [0.15, 0.2) is 0 Å². The molecule has 0 fully saturated rings. The molecule has 0 bridgehead atoms. The van der Waals surface area contributed by atoms with E-state index >= 15 is 0 Å². The molecule has 0 unspecified atom stereocenters. The van der Waals surface area contributed by atoms with Gasteiger partial charge in [-0.25, -0.2) is 0 Å². The van der Waals surface area contributed by atoms with Crippen LogP contribution in [0.15, 0.2) is 58.3 Å². The highest BCUT2D eigenvalue weighted by molar-refractivity contribution is 8.76. The third-order valence-corrected chi connectivity index (χ3v) is 7.04. The van der Waals surface area contributed by atoms with E-state index in [1.807, 2.05) is 86.0 Å².